The van der Waals surface area contributed by atoms with Gasteiger partial charge in [-0.25, -0.2) is 0 Å². The van der Waals surface area contributed by atoms with Gasteiger partial charge in [0.15, 0.2) is 0 Å². The van der Waals surface area contributed by atoms with Crippen LogP contribution < -0.4 is 0 Å². The Kier molecular flexibility index (Phi) is 7.10. The van der Waals surface area contributed by atoms with Crippen molar-refractivity contribution in [2.45, 2.75) is 96.8 Å². The average molecular weight is 278 g/mol. The highest BCUT2D eigenvalue weighted by Gasteiger charge is 2.24. The summed E-state index contributed by atoms with van der Waals surface area (Å²) >= 11 is 0. The number of carbonyl (C=O) groups excluding carboxylic acids is 1. The van der Waals surface area contributed by atoms with Gasteiger partial charge in [0.1, 0.15) is 5.78 Å². The first-order valence-electron chi connectivity index (χ1n) is 9.29. The summed E-state index contributed by atoms with van der Waals surface area (Å²) in [7, 11) is 0. The Hall–Kier alpha value is -0.330. The maximum absolute atomic E-state index is 11.5. The van der Waals surface area contributed by atoms with Crippen LogP contribution >= 0.6 is 0 Å². The molecule has 2 aliphatic carbocycles. The van der Waals surface area contributed by atoms with Crippen LogP contribution in [0.15, 0.2) is 0 Å². The van der Waals surface area contributed by atoms with Gasteiger partial charge in [-0.3, -0.25) is 4.79 Å². The molecule has 0 radical (unpaired) electrons. The lowest BCUT2D eigenvalue weighted by atomic mass is 9.76. The molecule has 0 spiro atoms. The van der Waals surface area contributed by atoms with Gasteiger partial charge in [0.25, 0.3) is 0 Å². The van der Waals surface area contributed by atoms with Crippen molar-refractivity contribution in [3.05, 3.63) is 0 Å². The number of ketones is 1. The summed E-state index contributed by atoms with van der Waals surface area (Å²) in [4.78, 5) is 11.5. The monoisotopic (exact) mass is 278 g/mol. The number of Topliss-reactive ketones (excluding diaryl/α,β-unsaturated/α-hetero) is 1. The zero-order valence-corrected chi connectivity index (χ0v) is 13.5. The van der Waals surface area contributed by atoms with Gasteiger partial charge < -0.3 is 0 Å². The van der Waals surface area contributed by atoms with E-state index in [0.29, 0.717) is 5.78 Å². The zero-order valence-electron chi connectivity index (χ0n) is 13.5. The minimum Gasteiger partial charge on any atom is -0.300 e. The van der Waals surface area contributed by atoms with Crippen LogP contribution in [0.2, 0.25) is 0 Å². The Balaban J connectivity index is 1.56. The molecular formula is C19H34O. The maximum Gasteiger partial charge on any atom is 0.133 e. The number of hydrogen-bond donors (Lipinski definition) is 0. The fourth-order valence-corrected chi connectivity index (χ4v) is 4.32. The average Bonchev–Trinajstić information content (AvgIpc) is 2.47. The third kappa shape index (κ3) is 5.58. The van der Waals surface area contributed by atoms with E-state index in [4.69, 9.17) is 0 Å². The third-order valence-electron chi connectivity index (χ3n) is 5.75. The lowest BCUT2D eigenvalue weighted by molar-refractivity contribution is -0.121. The summed E-state index contributed by atoms with van der Waals surface area (Å²) in [6, 6.07) is 0. The van der Waals surface area contributed by atoms with Crippen molar-refractivity contribution in [1.29, 1.82) is 0 Å². The van der Waals surface area contributed by atoms with E-state index < -0.39 is 0 Å². The molecule has 0 heterocycles. The molecule has 1 atom stereocenters. The van der Waals surface area contributed by atoms with Crippen LogP contribution in [0.4, 0.5) is 0 Å². The molecule has 0 aromatic heterocycles. The predicted molar refractivity (Wildman–Crippen MR) is 85.8 cm³/mol. The van der Waals surface area contributed by atoms with E-state index in [1.54, 1.807) is 0 Å². The van der Waals surface area contributed by atoms with E-state index in [0.717, 1.165) is 37.0 Å². The molecule has 0 aromatic carbocycles. The second-order valence-corrected chi connectivity index (χ2v) is 7.46. The van der Waals surface area contributed by atoms with E-state index in [9.17, 15) is 4.79 Å². The van der Waals surface area contributed by atoms with Crippen molar-refractivity contribution in [2.75, 3.05) is 0 Å². The minimum absolute atomic E-state index is 0.529. The van der Waals surface area contributed by atoms with Gasteiger partial charge in [0, 0.05) is 12.8 Å². The Morgan fingerprint density at radius 1 is 0.850 bits per heavy atom. The van der Waals surface area contributed by atoms with Crippen LogP contribution in [0.1, 0.15) is 96.8 Å². The summed E-state index contributed by atoms with van der Waals surface area (Å²) in [5.74, 6) is 3.28. The van der Waals surface area contributed by atoms with E-state index >= 15 is 0 Å². The van der Waals surface area contributed by atoms with Gasteiger partial charge in [-0.1, -0.05) is 64.7 Å². The highest BCUT2D eigenvalue weighted by molar-refractivity contribution is 5.79. The zero-order chi connectivity index (χ0) is 14.2. The summed E-state index contributed by atoms with van der Waals surface area (Å²) in [6.07, 6.45) is 18.6. The Morgan fingerprint density at radius 2 is 1.50 bits per heavy atom. The molecule has 0 aromatic rings. The van der Waals surface area contributed by atoms with Crippen LogP contribution in [0, 0.1) is 17.8 Å². The molecule has 0 amide bonds. The number of rotatable bonds is 7. The molecule has 1 heteroatoms. The van der Waals surface area contributed by atoms with E-state index in [-0.39, 0.29) is 0 Å². The molecular weight excluding hydrogens is 244 g/mol. The number of unbranched alkanes of at least 4 members (excludes halogenated alkanes) is 2. The molecule has 0 bridgehead atoms. The summed E-state index contributed by atoms with van der Waals surface area (Å²) in [5.41, 5.74) is 0. The van der Waals surface area contributed by atoms with Crippen LogP contribution in [-0.4, -0.2) is 5.78 Å². The second-order valence-electron chi connectivity index (χ2n) is 7.46. The first kappa shape index (κ1) is 16.0. The maximum atomic E-state index is 11.5. The summed E-state index contributed by atoms with van der Waals surface area (Å²) in [6.45, 7) is 2.30. The van der Waals surface area contributed by atoms with Crippen molar-refractivity contribution in [3.8, 4) is 0 Å². The van der Waals surface area contributed by atoms with Crippen molar-refractivity contribution in [2.24, 2.45) is 17.8 Å². The molecule has 2 rings (SSSR count). The second kappa shape index (κ2) is 8.85. The fourth-order valence-electron chi connectivity index (χ4n) is 4.32. The smallest absolute Gasteiger partial charge is 0.133 e. The fraction of sp³-hybridized carbons (Fsp3) is 0.947. The quantitative estimate of drug-likeness (QED) is 0.529. The summed E-state index contributed by atoms with van der Waals surface area (Å²) in [5, 5.41) is 0. The topological polar surface area (TPSA) is 17.1 Å². The van der Waals surface area contributed by atoms with Crippen LogP contribution in [0.3, 0.4) is 0 Å². The lowest BCUT2D eigenvalue weighted by Crippen LogP contribution is -2.18. The highest BCUT2D eigenvalue weighted by atomic mass is 16.1. The molecule has 1 unspecified atom stereocenters. The van der Waals surface area contributed by atoms with Gasteiger partial charge >= 0.3 is 0 Å². The van der Waals surface area contributed by atoms with E-state index in [1.807, 2.05) is 0 Å². The van der Waals surface area contributed by atoms with E-state index in [2.05, 4.69) is 6.92 Å². The predicted octanol–water partition coefficient (Wildman–Crippen LogP) is 5.91. The van der Waals surface area contributed by atoms with Crippen LogP contribution in [0.25, 0.3) is 0 Å². The van der Waals surface area contributed by atoms with Gasteiger partial charge in [-0.2, -0.15) is 0 Å². The summed E-state index contributed by atoms with van der Waals surface area (Å²) < 4.78 is 0. The number of carbonyl (C=O) groups is 1. The molecule has 2 aliphatic rings. The van der Waals surface area contributed by atoms with Crippen LogP contribution in [0.5, 0.6) is 0 Å². The normalized spacial score (nSPS) is 31.4. The largest absolute Gasteiger partial charge is 0.300 e. The molecule has 0 aliphatic heterocycles. The van der Waals surface area contributed by atoms with Gasteiger partial charge in [0.05, 0.1) is 0 Å². The molecule has 0 N–H and O–H groups in total. The molecule has 116 valence electrons. The Labute approximate surface area is 125 Å². The van der Waals surface area contributed by atoms with Crippen LogP contribution in [-0.2, 0) is 4.79 Å². The van der Waals surface area contributed by atoms with Crippen molar-refractivity contribution in [1.82, 2.24) is 0 Å². The first-order valence-corrected chi connectivity index (χ1v) is 9.29. The molecule has 2 saturated carbocycles. The van der Waals surface area contributed by atoms with Gasteiger partial charge in [-0.05, 0) is 37.0 Å². The minimum atomic E-state index is 0.529. The van der Waals surface area contributed by atoms with Crippen molar-refractivity contribution < 1.29 is 4.79 Å². The first-order chi connectivity index (χ1) is 9.78. The van der Waals surface area contributed by atoms with E-state index in [1.165, 1.54) is 70.6 Å². The molecule has 0 saturated heterocycles. The molecule has 2 fully saturated rings. The van der Waals surface area contributed by atoms with Gasteiger partial charge in [-0.15, -0.1) is 0 Å². The Bertz CT molecular complexity index is 275. The molecule has 1 nitrogen and oxygen atoms in total. The lowest BCUT2D eigenvalue weighted by Gasteiger charge is -2.30. The molecule has 20 heavy (non-hydrogen) atoms. The standard InChI is InChI=1S/C19H34O/c1-2-3-4-6-16-9-11-17(12-10-16)13-14-18-7-5-8-19(20)15-18/h16-18H,2-15H2,1H3. The highest BCUT2D eigenvalue weighted by Crippen LogP contribution is 2.36. The third-order valence-corrected chi connectivity index (χ3v) is 5.75. The van der Waals surface area contributed by atoms with Crippen molar-refractivity contribution >= 4 is 5.78 Å². The van der Waals surface area contributed by atoms with Crippen molar-refractivity contribution in [3.63, 3.8) is 0 Å². The Morgan fingerprint density at radius 3 is 2.15 bits per heavy atom. The van der Waals surface area contributed by atoms with Gasteiger partial charge in [0.2, 0.25) is 0 Å². The number of hydrogen-bond acceptors (Lipinski definition) is 1. The SMILES string of the molecule is CCCCCC1CCC(CCC2CCCC(=O)C2)CC1.